The number of benzene rings is 1. The van der Waals surface area contributed by atoms with Crippen LogP contribution in [0.1, 0.15) is 19.4 Å². The van der Waals surface area contributed by atoms with Gasteiger partial charge in [-0.2, -0.15) is 17.9 Å². The molecule has 0 fully saturated rings. The molecule has 0 saturated heterocycles. The highest BCUT2D eigenvalue weighted by molar-refractivity contribution is 7.99. The van der Waals surface area contributed by atoms with Gasteiger partial charge in [0.1, 0.15) is 0 Å². The first-order valence-electron chi connectivity index (χ1n) is 7.42. The second-order valence-electron chi connectivity index (χ2n) is 5.19. The molecule has 0 radical (unpaired) electrons. The lowest BCUT2D eigenvalue weighted by Gasteiger charge is -2.12. The van der Waals surface area contributed by atoms with Gasteiger partial charge in [-0.25, -0.2) is 18.8 Å². The van der Waals surface area contributed by atoms with Crippen LogP contribution in [-0.2, 0) is 13.1 Å². The molecule has 0 N–H and O–H groups in total. The third-order valence-corrected chi connectivity index (χ3v) is 4.75. The lowest BCUT2D eigenvalue weighted by atomic mass is 10.2. The Balaban J connectivity index is 2.55. The average Bonchev–Trinajstić information content (AvgIpc) is 2.75. The van der Waals surface area contributed by atoms with Gasteiger partial charge in [0.2, 0.25) is 0 Å². The van der Waals surface area contributed by atoms with Crippen LogP contribution in [0.5, 0.6) is 0 Å². The summed E-state index contributed by atoms with van der Waals surface area (Å²) in [5.74, 6) is -1.01. The van der Waals surface area contributed by atoms with Crippen molar-refractivity contribution in [2.75, 3.05) is 5.75 Å². The van der Waals surface area contributed by atoms with Crippen LogP contribution in [0.3, 0.4) is 0 Å². The Labute approximate surface area is 140 Å². The van der Waals surface area contributed by atoms with Gasteiger partial charge >= 0.3 is 17.6 Å². The van der Waals surface area contributed by atoms with Crippen molar-refractivity contribution in [3.63, 3.8) is 0 Å². The van der Waals surface area contributed by atoms with Crippen LogP contribution in [0, 0.1) is 6.92 Å². The van der Waals surface area contributed by atoms with Crippen molar-refractivity contribution in [3.8, 4) is 5.69 Å². The van der Waals surface area contributed by atoms with Crippen molar-refractivity contribution in [1.29, 1.82) is 0 Å². The highest BCUT2D eigenvalue weighted by atomic mass is 32.2. The Morgan fingerprint density at radius 1 is 1.08 bits per heavy atom. The SMILES string of the molecule is CCn1c(=O)n(CC)n(-c2ccc(C)c(SCC(F)(F)F)c2)c1=O. The molecule has 0 atom stereocenters. The Morgan fingerprint density at radius 3 is 2.29 bits per heavy atom. The van der Waals surface area contributed by atoms with Gasteiger partial charge in [0.15, 0.2) is 0 Å². The largest absolute Gasteiger partial charge is 0.398 e. The van der Waals surface area contributed by atoms with Gasteiger partial charge in [-0.3, -0.25) is 0 Å². The molecule has 0 aliphatic heterocycles. The summed E-state index contributed by atoms with van der Waals surface area (Å²) in [5.41, 5.74) is 0.123. The topological polar surface area (TPSA) is 48.9 Å². The molecule has 1 aromatic heterocycles. The van der Waals surface area contributed by atoms with Crippen molar-refractivity contribution >= 4 is 11.8 Å². The monoisotopic (exact) mass is 361 g/mol. The van der Waals surface area contributed by atoms with Crippen LogP contribution in [-0.4, -0.2) is 25.9 Å². The molecule has 0 saturated carbocycles. The maximum atomic E-state index is 12.5. The lowest BCUT2D eigenvalue weighted by Crippen LogP contribution is -2.27. The lowest BCUT2D eigenvalue weighted by molar-refractivity contribution is -0.105. The number of hydrogen-bond acceptors (Lipinski definition) is 3. The van der Waals surface area contributed by atoms with Crippen molar-refractivity contribution in [2.24, 2.45) is 0 Å². The highest BCUT2D eigenvalue weighted by Crippen LogP contribution is 2.30. The fraction of sp³-hybridized carbons (Fsp3) is 0.467. The number of thioether (sulfide) groups is 1. The zero-order chi connectivity index (χ0) is 18.1. The average molecular weight is 361 g/mol. The van der Waals surface area contributed by atoms with Gasteiger partial charge in [-0.15, -0.1) is 11.8 Å². The van der Waals surface area contributed by atoms with Gasteiger partial charge in [-0.1, -0.05) is 6.07 Å². The number of aromatic nitrogens is 3. The second kappa shape index (κ2) is 6.92. The van der Waals surface area contributed by atoms with Crippen LogP contribution in [0.25, 0.3) is 5.69 Å². The standard InChI is InChI=1S/C15H18F3N3O2S/c1-4-19-13(22)20(5-2)21(14(19)23)11-7-6-10(3)12(8-11)24-9-15(16,17)18/h6-8H,4-5,9H2,1-3H3. The number of rotatable bonds is 5. The van der Waals surface area contributed by atoms with Gasteiger partial charge in [0.25, 0.3) is 0 Å². The molecular weight excluding hydrogens is 343 g/mol. The molecule has 5 nitrogen and oxygen atoms in total. The minimum absolute atomic E-state index is 0.228. The summed E-state index contributed by atoms with van der Waals surface area (Å²) >= 11 is 0.664. The molecule has 1 heterocycles. The van der Waals surface area contributed by atoms with Crippen molar-refractivity contribution in [1.82, 2.24) is 13.9 Å². The zero-order valence-corrected chi connectivity index (χ0v) is 14.4. The van der Waals surface area contributed by atoms with Crippen LogP contribution in [0.4, 0.5) is 13.2 Å². The molecule has 9 heteroatoms. The van der Waals surface area contributed by atoms with E-state index in [1.807, 2.05) is 0 Å². The molecule has 0 amide bonds. The Bertz CT molecular complexity index is 849. The van der Waals surface area contributed by atoms with Crippen molar-refractivity contribution in [3.05, 3.63) is 44.7 Å². The van der Waals surface area contributed by atoms with E-state index >= 15 is 0 Å². The van der Waals surface area contributed by atoms with E-state index < -0.39 is 23.3 Å². The third kappa shape index (κ3) is 3.61. The van der Waals surface area contributed by atoms with Crippen molar-refractivity contribution < 1.29 is 13.2 Å². The molecule has 0 bridgehead atoms. The summed E-state index contributed by atoms with van der Waals surface area (Å²) in [6.07, 6.45) is -4.28. The van der Waals surface area contributed by atoms with E-state index in [-0.39, 0.29) is 13.1 Å². The molecule has 2 aromatic rings. The molecule has 2 rings (SSSR count). The Kier molecular flexibility index (Phi) is 5.32. The van der Waals surface area contributed by atoms with Gasteiger partial charge in [0.05, 0.1) is 11.4 Å². The molecule has 132 valence electrons. The van der Waals surface area contributed by atoms with Crippen LogP contribution in [0.15, 0.2) is 32.7 Å². The second-order valence-corrected chi connectivity index (χ2v) is 6.21. The first-order chi connectivity index (χ1) is 11.2. The van der Waals surface area contributed by atoms with Gasteiger partial charge in [-0.05, 0) is 38.5 Å². The predicted molar refractivity (Wildman–Crippen MR) is 87.2 cm³/mol. The van der Waals surface area contributed by atoms with E-state index in [4.69, 9.17) is 0 Å². The first kappa shape index (κ1) is 18.4. The summed E-state index contributed by atoms with van der Waals surface area (Å²) in [6, 6.07) is 4.78. The molecule has 0 aliphatic carbocycles. The van der Waals surface area contributed by atoms with Crippen LogP contribution in [0.2, 0.25) is 0 Å². The maximum absolute atomic E-state index is 12.5. The van der Waals surface area contributed by atoms with Gasteiger partial charge < -0.3 is 0 Å². The minimum Gasteiger partial charge on any atom is -0.246 e. The summed E-state index contributed by atoms with van der Waals surface area (Å²) in [4.78, 5) is 25.1. The van der Waals surface area contributed by atoms with Gasteiger partial charge in [0, 0.05) is 18.0 Å². The van der Waals surface area contributed by atoms with E-state index in [9.17, 15) is 22.8 Å². The summed E-state index contributed by atoms with van der Waals surface area (Å²) < 4.78 is 40.9. The van der Waals surface area contributed by atoms with Crippen LogP contribution >= 0.6 is 11.8 Å². The van der Waals surface area contributed by atoms with E-state index in [0.717, 1.165) is 4.57 Å². The summed E-state index contributed by atoms with van der Waals surface area (Å²) in [6.45, 7) is 5.62. The minimum atomic E-state index is -4.28. The van der Waals surface area contributed by atoms with Crippen LogP contribution < -0.4 is 11.4 Å². The maximum Gasteiger partial charge on any atom is 0.398 e. The normalized spacial score (nSPS) is 11.9. The van der Waals surface area contributed by atoms with E-state index in [2.05, 4.69) is 0 Å². The quantitative estimate of drug-likeness (QED) is 0.770. The van der Waals surface area contributed by atoms with E-state index in [1.165, 1.54) is 15.4 Å². The summed E-state index contributed by atoms with van der Waals surface area (Å²) in [5, 5.41) is 0. The fourth-order valence-corrected chi connectivity index (χ4v) is 3.18. The molecule has 0 unspecified atom stereocenters. The van der Waals surface area contributed by atoms with Crippen molar-refractivity contribution in [2.45, 2.75) is 44.9 Å². The Hall–Kier alpha value is -1.90. The number of hydrogen-bond donors (Lipinski definition) is 0. The highest BCUT2D eigenvalue weighted by Gasteiger charge is 2.27. The molecule has 24 heavy (non-hydrogen) atoms. The summed E-state index contributed by atoms with van der Waals surface area (Å²) in [7, 11) is 0. The zero-order valence-electron chi connectivity index (χ0n) is 13.6. The number of halogens is 3. The number of alkyl halides is 3. The molecule has 0 aliphatic rings. The molecule has 0 spiro atoms. The number of aryl methyl sites for hydroxylation is 1. The van der Waals surface area contributed by atoms with E-state index in [0.29, 0.717) is 27.9 Å². The number of nitrogens with zero attached hydrogens (tertiary/aromatic N) is 3. The van der Waals surface area contributed by atoms with E-state index in [1.54, 1.807) is 32.9 Å². The smallest absolute Gasteiger partial charge is 0.246 e. The fourth-order valence-electron chi connectivity index (χ4n) is 2.36. The molecule has 1 aromatic carbocycles. The molecular formula is C15H18F3N3O2S. The Morgan fingerprint density at radius 2 is 1.75 bits per heavy atom. The predicted octanol–water partition coefficient (Wildman–Crippen LogP) is 2.80. The first-order valence-corrected chi connectivity index (χ1v) is 8.41. The third-order valence-electron chi connectivity index (χ3n) is 3.53.